The fraction of sp³-hybridized carbons (Fsp3) is 0.312. The van der Waals surface area contributed by atoms with E-state index in [0.29, 0.717) is 17.0 Å². The summed E-state index contributed by atoms with van der Waals surface area (Å²) in [4.78, 5) is 19.7. The lowest BCUT2D eigenvalue weighted by Gasteiger charge is -2.23. The molecular formula is C16H18N6O. The Bertz CT molecular complexity index is 863. The summed E-state index contributed by atoms with van der Waals surface area (Å²) in [5.74, 6) is 0.494. The maximum absolute atomic E-state index is 12.3. The van der Waals surface area contributed by atoms with E-state index in [2.05, 4.69) is 25.7 Å². The van der Waals surface area contributed by atoms with Crippen molar-refractivity contribution in [3.05, 3.63) is 46.9 Å². The number of para-hydroxylation sites is 1. The van der Waals surface area contributed by atoms with Gasteiger partial charge in [-0.2, -0.15) is 10.1 Å². The highest BCUT2D eigenvalue weighted by Gasteiger charge is 2.16. The zero-order valence-electron chi connectivity index (χ0n) is 12.6. The van der Waals surface area contributed by atoms with E-state index in [9.17, 15) is 4.79 Å². The maximum Gasteiger partial charge on any atom is 0.263 e. The Morgan fingerprint density at radius 1 is 1.26 bits per heavy atom. The number of H-pyrrole nitrogens is 1. The molecule has 118 valence electrons. The van der Waals surface area contributed by atoms with Crippen LogP contribution in [0.4, 0.5) is 5.95 Å². The molecule has 0 spiro atoms. The molecule has 1 aromatic carbocycles. The number of hydrogen-bond donors (Lipinski definition) is 3. The molecule has 1 aliphatic rings. The fourth-order valence-corrected chi connectivity index (χ4v) is 2.91. The van der Waals surface area contributed by atoms with Gasteiger partial charge in [0.25, 0.3) is 5.56 Å². The summed E-state index contributed by atoms with van der Waals surface area (Å²) < 4.78 is 1.69. The Kier molecular flexibility index (Phi) is 3.55. The predicted molar refractivity (Wildman–Crippen MR) is 89.0 cm³/mol. The van der Waals surface area contributed by atoms with Gasteiger partial charge in [0.2, 0.25) is 5.95 Å². The Labute approximate surface area is 132 Å². The largest absolute Gasteiger partial charge is 0.352 e. The molecule has 0 amide bonds. The van der Waals surface area contributed by atoms with Crippen molar-refractivity contribution in [1.29, 1.82) is 0 Å². The van der Waals surface area contributed by atoms with E-state index >= 15 is 0 Å². The van der Waals surface area contributed by atoms with E-state index in [4.69, 9.17) is 0 Å². The molecule has 0 saturated carbocycles. The fourth-order valence-electron chi connectivity index (χ4n) is 2.91. The molecule has 3 heterocycles. The van der Waals surface area contributed by atoms with Crippen LogP contribution in [0.1, 0.15) is 12.8 Å². The molecule has 2 aromatic heterocycles. The first-order valence-corrected chi connectivity index (χ1v) is 7.82. The van der Waals surface area contributed by atoms with E-state index < -0.39 is 0 Å². The van der Waals surface area contributed by atoms with Crippen molar-refractivity contribution in [3.8, 4) is 5.69 Å². The molecular weight excluding hydrogens is 292 g/mol. The number of nitrogens with one attached hydrogen (secondary N) is 3. The van der Waals surface area contributed by atoms with Crippen molar-refractivity contribution in [3.63, 3.8) is 0 Å². The zero-order chi connectivity index (χ0) is 15.6. The van der Waals surface area contributed by atoms with E-state index in [0.717, 1.165) is 31.6 Å². The Morgan fingerprint density at radius 2 is 2.13 bits per heavy atom. The summed E-state index contributed by atoms with van der Waals surface area (Å²) in [6.45, 7) is 1.92. The highest BCUT2D eigenvalue weighted by Crippen LogP contribution is 2.15. The lowest BCUT2D eigenvalue weighted by molar-refractivity contribution is 0.478. The number of nitrogens with zero attached hydrogens (tertiary/aromatic N) is 3. The highest BCUT2D eigenvalue weighted by atomic mass is 16.1. The average Bonchev–Trinajstić information content (AvgIpc) is 3.01. The van der Waals surface area contributed by atoms with Crippen LogP contribution >= 0.6 is 0 Å². The monoisotopic (exact) mass is 310 g/mol. The summed E-state index contributed by atoms with van der Waals surface area (Å²) in [6, 6.07) is 9.96. The smallest absolute Gasteiger partial charge is 0.263 e. The minimum atomic E-state index is -0.177. The van der Waals surface area contributed by atoms with E-state index in [1.807, 2.05) is 30.3 Å². The molecule has 23 heavy (non-hydrogen) atoms. The van der Waals surface area contributed by atoms with Gasteiger partial charge < -0.3 is 10.6 Å². The van der Waals surface area contributed by atoms with Crippen LogP contribution in [-0.2, 0) is 0 Å². The zero-order valence-corrected chi connectivity index (χ0v) is 12.6. The van der Waals surface area contributed by atoms with Gasteiger partial charge in [-0.15, -0.1) is 0 Å². The first-order valence-electron chi connectivity index (χ1n) is 7.82. The lowest BCUT2D eigenvalue weighted by Crippen LogP contribution is -2.39. The van der Waals surface area contributed by atoms with Gasteiger partial charge in [-0.05, 0) is 31.5 Å². The molecule has 3 N–H and O–H groups in total. The van der Waals surface area contributed by atoms with Crippen LogP contribution in [0, 0.1) is 0 Å². The normalized spacial score (nSPS) is 18.2. The summed E-state index contributed by atoms with van der Waals surface area (Å²) in [5, 5.41) is 11.4. The number of hydrogen-bond acceptors (Lipinski definition) is 5. The van der Waals surface area contributed by atoms with Crippen molar-refractivity contribution < 1.29 is 0 Å². The number of aromatic nitrogens is 4. The number of anilines is 1. The van der Waals surface area contributed by atoms with Crippen LogP contribution < -0.4 is 16.2 Å². The first kappa shape index (κ1) is 14.0. The second-order valence-corrected chi connectivity index (χ2v) is 5.73. The van der Waals surface area contributed by atoms with Crippen LogP contribution in [0.25, 0.3) is 16.7 Å². The number of benzene rings is 1. The quantitative estimate of drug-likeness (QED) is 0.678. The molecule has 0 radical (unpaired) electrons. The van der Waals surface area contributed by atoms with Gasteiger partial charge in [0, 0.05) is 12.6 Å². The Morgan fingerprint density at radius 3 is 2.91 bits per heavy atom. The van der Waals surface area contributed by atoms with Crippen molar-refractivity contribution in [2.45, 2.75) is 18.9 Å². The van der Waals surface area contributed by atoms with Crippen LogP contribution in [0.2, 0.25) is 0 Å². The molecule has 4 rings (SSSR count). The molecule has 0 aliphatic carbocycles. The Hall–Kier alpha value is -2.67. The SMILES string of the molecule is O=c1[nH]c(N[C@@H]2CCCNC2)nc2c1cnn2-c1ccccc1. The van der Waals surface area contributed by atoms with Gasteiger partial charge in [0.05, 0.1) is 11.9 Å². The first-order chi connectivity index (χ1) is 11.3. The maximum atomic E-state index is 12.3. The van der Waals surface area contributed by atoms with Crippen molar-refractivity contribution >= 4 is 17.0 Å². The van der Waals surface area contributed by atoms with Gasteiger partial charge in [-0.25, -0.2) is 4.68 Å². The van der Waals surface area contributed by atoms with Crippen molar-refractivity contribution in [2.24, 2.45) is 0 Å². The van der Waals surface area contributed by atoms with Gasteiger partial charge in [-0.1, -0.05) is 18.2 Å². The second kappa shape index (κ2) is 5.85. The summed E-state index contributed by atoms with van der Waals surface area (Å²) in [5.41, 5.74) is 1.26. The number of piperidine rings is 1. The van der Waals surface area contributed by atoms with Crippen LogP contribution in [-0.4, -0.2) is 38.9 Å². The van der Waals surface area contributed by atoms with Crippen molar-refractivity contribution in [1.82, 2.24) is 25.1 Å². The summed E-state index contributed by atoms with van der Waals surface area (Å²) in [7, 11) is 0. The number of fused-ring (bicyclic) bond motifs is 1. The molecule has 0 unspecified atom stereocenters. The van der Waals surface area contributed by atoms with Crippen molar-refractivity contribution in [2.75, 3.05) is 18.4 Å². The molecule has 0 bridgehead atoms. The van der Waals surface area contributed by atoms with E-state index in [1.165, 1.54) is 0 Å². The second-order valence-electron chi connectivity index (χ2n) is 5.73. The van der Waals surface area contributed by atoms with Crippen LogP contribution in [0.15, 0.2) is 41.3 Å². The van der Waals surface area contributed by atoms with Gasteiger partial charge in [0.15, 0.2) is 5.65 Å². The minimum Gasteiger partial charge on any atom is -0.352 e. The summed E-state index contributed by atoms with van der Waals surface area (Å²) >= 11 is 0. The number of aromatic amines is 1. The average molecular weight is 310 g/mol. The molecule has 1 saturated heterocycles. The van der Waals surface area contributed by atoms with Crippen LogP contribution in [0.5, 0.6) is 0 Å². The molecule has 1 aliphatic heterocycles. The summed E-state index contributed by atoms with van der Waals surface area (Å²) in [6.07, 6.45) is 3.74. The molecule has 7 heteroatoms. The third-order valence-corrected chi connectivity index (χ3v) is 4.08. The topological polar surface area (TPSA) is 87.6 Å². The molecule has 7 nitrogen and oxygen atoms in total. The highest BCUT2D eigenvalue weighted by molar-refractivity contribution is 5.76. The van der Waals surface area contributed by atoms with E-state index in [1.54, 1.807) is 10.9 Å². The third-order valence-electron chi connectivity index (χ3n) is 4.08. The Balaban J connectivity index is 1.74. The third kappa shape index (κ3) is 2.70. The predicted octanol–water partition coefficient (Wildman–Crippen LogP) is 1.27. The standard InChI is InChI=1S/C16H18N6O/c23-15-13-10-18-22(12-6-2-1-3-7-12)14(13)20-16(21-15)19-11-5-4-8-17-9-11/h1-3,6-7,10-11,17H,4-5,8-9H2,(H2,19,20,21,23)/t11-/m1/s1. The molecule has 3 aromatic rings. The lowest BCUT2D eigenvalue weighted by atomic mass is 10.1. The molecule has 1 fully saturated rings. The van der Waals surface area contributed by atoms with Crippen LogP contribution in [0.3, 0.4) is 0 Å². The van der Waals surface area contributed by atoms with Gasteiger partial charge >= 0.3 is 0 Å². The minimum absolute atomic E-state index is 0.177. The van der Waals surface area contributed by atoms with Gasteiger partial charge in [0.1, 0.15) is 5.39 Å². The molecule has 1 atom stereocenters. The van der Waals surface area contributed by atoms with Gasteiger partial charge in [-0.3, -0.25) is 9.78 Å². The number of rotatable bonds is 3. The van der Waals surface area contributed by atoms with E-state index in [-0.39, 0.29) is 11.6 Å².